The number of likely N-dealkylation sites (tertiary alicyclic amines) is 1. The average Bonchev–Trinajstić information content (AvgIpc) is 3.24. The van der Waals surface area contributed by atoms with Crippen LogP contribution in [0.5, 0.6) is 11.5 Å². The lowest BCUT2D eigenvalue weighted by atomic mass is 9.76. The maximum atomic E-state index is 12.9. The van der Waals surface area contributed by atoms with Crippen LogP contribution in [-0.4, -0.2) is 52.7 Å². The van der Waals surface area contributed by atoms with Crippen molar-refractivity contribution in [2.75, 3.05) is 13.3 Å². The standard InChI is InChI=1S/C18H20N2O6/c21-15(19-18(17(23)24)6-2-7-18)12-3-1-8-20(12)16(22)11-4-5-13-14(9-11)26-10-25-13/h4-5,9,12H,1-3,6-8,10H2,(H,19,21)(H,23,24)/t12-/m0/s1. The molecule has 8 nitrogen and oxygen atoms in total. The molecule has 2 aliphatic heterocycles. The Balaban J connectivity index is 1.50. The summed E-state index contributed by atoms with van der Waals surface area (Å²) in [4.78, 5) is 38.5. The molecular formula is C18H20N2O6. The summed E-state index contributed by atoms with van der Waals surface area (Å²) in [6.45, 7) is 0.588. The second kappa shape index (κ2) is 6.19. The number of benzene rings is 1. The number of rotatable bonds is 4. The van der Waals surface area contributed by atoms with Crippen molar-refractivity contribution < 1.29 is 29.0 Å². The van der Waals surface area contributed by atoms with Gasteiger partial charge in [0.25, 0.3) is 5.91 Å². The number of nitrogens with zero attached hydrogens (tertiary/aromatic N) is 1. The molecule has 3 aliphatic rings. The van der Waals surface area contributed by atoms with Gasteiger partial charge in [-0.2, -0.15) is 0 Å². The summed E-state index contributed by atoms with van der Waals surface area (Å²) >= 11 is 0. The first kappa shape index (κ1) is 16.7. The first-order valence-electron chi connectivity index (χ1n) is 8.76. The summed E-state index contributed by atoms with van der Waals surface area (Å²) in [5.74, 6) is -0.567. The van der Waals surface area contributed by atoms with Crippen LogP contribution in [0.25, 0.3) is 0 Å². The molecule has 1 aromatic carbocycles. The lowest BCUT2D eigenvalue weighted by Gasteiger charge is -2.39. The fourth-order valence-electron chi connectivity index (χ4n) is 3.72. The topological polar surface area (TPSA) is 105 Å². The highest BCUT2D eigenvalue weighted by Crippen LogP contribution is 2.35. The van der Waals surface area contributed by atoms with Gasteiger partial charge in [-0.05, 0) is 50.3 Å². The molecular weight excluding hydrogens is 340 g/mol. The number of carbonyl (C=O) groups excluding carboxylic acids is 2. The summed E-state index contributed by atoms with van der Waals surface area (Å²) in [5, 5.41) is 12.1. The van der Waals surface area contributed by atoms with E-state index >= 15 is 0 Å². The Hall–Kier alpha value is -2.77. The van der Waals surface area contributed by atoms with Gasteiger partial charge in [0.1, 0.15) is 11.6 Å². The van der Waals surface area contributed by atoms with Gasteiger partial charge in [-0.25, -0.2) is 4.79 Å². The summed E-state index contributed by atoms with van der Waals surface area (Å²) in [7, 11) is 0. The van der Waals surface area contributed by atoms with Gasteiger partial charge in [-0.15, -0.1) is 0 Å². The number of carboxylic acids is 1. The van der Waals surface area contributed by atoms with Gasteiger partial charge in [0.05, 0.1) is 0 Å². The smallest absolute Gasteiger partial charge is 0.329 e. The number of aliphatic carboxylic acids is 1. The van der Waals surface area contributed by atoms with Crippen molar-refractivity contribution in [1.29, 1.82) is 0 Å². The number of amides is 2. The number of carboxylic acid groups (broad SMARTS) is 1. The molecule has 0 spiro atoms. The zero-order valence-corrected chi connectivity index (χ0v) is 14.2. The minimum atomic E-state index is -1.17. The molecule has 1 aliphatic carbocycles. The van der Waals surface area contributed by atoms with Crippen LogP contribution < -0.4 is 14.8 Å². The molecule has 1 aromatic rings. The maximum Gasteiger partial charge on any atom is 0.329 e. The molecule has 1 saturated carbocycles. The van der Waals surface area contributed by atoms with E-state index < -0.39 is 23.5 Å². The van der Waals surface area contributed by atoms with Gasteiger partial charge in [0, 0.05) is 12.1 Å². The lowest BCUT2D eigenvalue weighted by Crippen LogP contribution is -2.62. The number of carbonyl (C=O) groups is 3. The van der Waals surface area contributed by atoms with E-state index in [4.69, 9.17) is 9.47 Å². The Morgan fingerprint density at radius 1 is 1.15 bits per heavy atom. The third kappa shape index (κ3) is 2.65. The van der Waals surface area contributed by atoms with Crippen LogP contribution in [-0.2, 0) is 9.59 Å². The van der Waals surface area contributed by atoms with Gasteiger partial charge in [-0.1, -0.05) is 0 Å². The van der Waals surface area contributed by atoms with Crippen LogP contribution in [0.1, 0.15) is 42.5 Å². The molecule has 1 saturated heterocycles. The van der Waals surface area contributed by atoms with E-state index in [1.807, 2.05) is 0 Å². The Kier molecular flexibility index (Phi) is 3.97. The average molecular weight is 360 g/mol. The summed E-state index contributed by atoms with van der Waals surface area (Å²) in [6, 6.07) is 4.29. The summed E-state index contributed by atoms with van der Waals surface area (Å²) < 4.78 is 10.6. The van der Waals surface area contributed by atoms with Crippen molar-refractivity contribution in [3.8, 4) is 11.5 Å². The predicted octanol–water partition coefficient (Wildman–Crippen LogP) is 1.14. The first-order chi connectivity index (χ1) is 12.5. The third-order valence-electron chi connectivity index (χ3n) is 5.41. The zero-order valence-electron chi connectivity index (χ0n) is 14.2. The van der Waals surface area contributed by atoms with E-state index in [1.165, 1.54) is 4.90 Å². The second-order valence-electron chi connectivity index (χ2n) is 6.95. The first-order valence-corrected chi connectivity index (χ1v) is 8.76. The molecule has 2 heterocycles. The van der Waals surface area contributed by atoms with Gasteiger partial charge >= 0.3 is 5.97 Å². The molecule has 0 aromatic heterocycles. The van der Waals surface area contributed by atoms with Gasteiger partial charge in [-0.3, -0.25) is 9.59 Å². The molecule has 8 heteroatoms. The highest BCUT2D eigenvalue weighted by Gasteiger charge is 2.47. The molecule has 138 valence electrons. The fraction of sp³-hybridized carbons (Fsp3) is 0.500. The van der Waals surface area contributed by atoms with E-state index in [0.29, 0.717) is 49.3 Å². The van der Waals surface area contributed by atoms with Crippen molar-refractivity contribution in [3.05, 3.63) is 23.8 Å². The quantitative estimate of drug-likeness (QED) is 0.834. The summed E-state index contributed by atoms with van der Waals surface area (Å²) in [5.41, 5.74) is -0.752. The summed E-state index contributed by atoms with van der Waals surface area (Å²) in [6.07, 6.45) is 2.86. The van der Waals surface area contributed by atoms with E-state index in [2.05, 4.69) is 5.32 Å². The predicted molar refractivity (Wildman–Crippen MR) is 89.0 cm³/mol. The van der Waals surface area contributed by atoms with Crippen molar-refractivity contribution in [2.45, 2.75) is 43.7 Å². The van der Waals surface area contributed by atoms with Crippen LogP contribution >= 0.6 is 0 Å². The minimum absolute atomic E-state index is 0.124. The highest BCUT2D eigenvalue weighted by atomic mass is 16.7. The Labute approximate surface area is 150 Å². The monoisotopic (exact) mass is 360 g/mol. The Morgan fingerprint density at radius 2 is 1.92 bits per heavy atom. The third-order valence-corrected chi connectivity index (χ3v) is 5.41. The number of hydrogen-bond donors (Lipinski definition) is 2. The van der Waals surface area contributed by atoms with Gasteiger partial charge in [0.15, 0.2) is 11.5 Å². The Morgan fingerprint density at radius 3 is 2.62 bits per heavy atom. The van der Waals surface area contributed by atoms with Crippen molar-refractivity contribution in [1.82, 2.24) is 10.2 Å². The number of nitrogens with one attached hydrogen (secondary N) is 1. The van der Waals surface area contributed by atoms with Gasteiger partial charge < -0.3 is 24.8 Å². The largest absolute Gasteiger partial charge is 0.480 e. The molecule has 0 radical (unpaired) electrons. The van der Waals surface area contributed by atoms with E-state index in [1.54, 1.807) is 18.2 Å². The minimum Gasteiger partial charge on any atom is -0.480 e. The highest BCUT2D eigenvalue weighted by molar-refractivity contribution is 5.99. The maximum absolute atomic E-state index is 12.9. The van der Waals surface area contributed by atoms with E-state index in [9.17, 15) is 19.5 Å². The van der Waals surface area contributed by atoms with Crippen LogP contribution in [0.4, 0.5) is 0 Å². The Bertz CT molecular complexity index is 773. The van der Waals surface area contributed by atoms with Crippen LogP contribution in [0.2, 0.25) is 0 Å². The fourth-order valence-corrected chi connectivity index (χ4v) is 3.72. The number of fused-ring (bicyclic) bond motifs is 1. The molecule has 2 amide bonds. The zero-order chi connectivity index (χ0) is 18.3. The molecule has 2 fully saturated rings. The van der Waals surface area contributed by atoms with Gasteiger partial charge in [0.2, 0.25) is 12.7 Å². The molecule has 1 atom stereocenters. The molecule has 2 N–H and O–H groups in total. The lowest BCUT2D eigenvalue weighted by molar-refractivity contribution is -0.152. The van der Waals surface area contributed by atoms with Crippen molar-refractivity contribution in [2.24, 2.45) is 0 Å². The SMILES string of the molecule is O=C(NC1(C(=O)O)CCC1)[C@@H]1CCCN1C(=O)c1ccc2c(c1)OCO2. The van der Waals surface area contributed by atoms with Crippen LogP contribution in [0.3, 0.4) is 0 Å². The van der Waals surface area contributed by atoms with E-state index in [-0.39, 0.29) is 12.7 Å². The molecule has 0 unspecified atom stereocenters. The van der Waals surface area contributed by atoms with Crippen molar-refractivity contribution in [3.63, 3.8) is 0 Å². The van der Waals surface area contributed by atoms with Crippen LogP contribution in [0, 0.1) is 0 Å². The second-order valence-corrected chi connectivity index (χ2v) is 6.95. The normalized spacial score (nSPS) is 22.6. The number of ether oxygens (including phenoxy) is 2. The van der Waals surface area contributed by atoms with E-state index in [0.717, 1.165) is 6.42 Å². The molecule has 0 bridgehead atoms. The van der Waals surface area contributed by atoms with Crippen molar-refractivity contribution >= 4 is 17.8 Å². The van der Waals surface area contributed by atoms with Crippen LogP contribution in [0.15, 0.2) is 18.2 Å². The molecule has 4 rings (SSSR count). The molecule has 26 heavy (non-hydrogen) atoms. The number of hydrogen-bond acceptors (Lipinski definition) is 5.